The van der Waals surface area contributed by atoms with Crippen molar-refractivity contribution in [1.29, 1.82) is 0 Å². The summed E-state index contributed by atoms with van der Waals surface area (Å²) in [6.07, 6.45) is 0. The number of nitrogens with zero attached hydrogens (tertiary/aromatic N) is 1. The third kappa shape index (κ3) is 1.75. The van der Waals surface area contributed by atoms with Crippen molar-refractivity contribution in [2.75, 3.05) is 0 Å². The van der Waals surface area contributed by atoms with Crippen molar-refractivity contribution in [2.45, 2.75) is 0 Å². The van der Waals surface area contributed by atoms with Crippen molar-refractivity contribution in [2.24, 2.45) is 7.05 Å². The molecule has 0 saturated heterocycles. The Bertz CT molecular complexity index is 883. The largest absolute Gasteiger partial charge is 0.342 e. The molecule has 3 aromatic rings. The van der Waals surface area contributed by atoms with Crippen LogP contribution in [0.1, 0.15) is 0 Å². The normalized spacial score (nSPS) is 11.4. The Balaban J connectivity index is 2.77. The van der Waals surface area contributed by atoms with Crippen molar-refractivity contribution in [1.82, 2.24) is 4.57 Å². The van der Waals surface area contributed by atoms with Crippen LogP contribution < -0.4 is 5.43 Å². The van der Waals surface area contributed by atoms with Crippen LogP contribution in [0.3, 0.4) is 0 Å². The zero-order chi connectivity index (χ0) is 13.7. The molecule has 0 N–H and O–H groups in total. The lowest BCUT2D eigenvalue weighted by molar-refractivity contribution is 1.00. The van der Waals surface area contributed by atoms with Crippen LogP contribution in [0.5, 0.6) is 0 Å². The van der Waals surface area contributed by atoms with Crippen LogP contribution in [0.25, 0.3) is 21.8 Å². The number of pyridine rings is 1. The van der Waals surface area contributed by atoms with Gasteiger partial charge in [-0.15, -0.1) is 0 Å². The second-order valence-electron chi connectivity index (χ2n) is 4.28. The molecule has 0 amide bonds. The number of aryl methyl sites for hydroxylation is 1. The Labute approximate surface area is 124 Å². The number of halogens is 3. The molecule has 0 aliphatic carbocycles. The Hall–Kier alpha value is -1.22. The lowest BCUT2D eigenvalue weighted by Gasteiger charge is -2.13. The summed E-state index contributed by atoms with van der Waals surface area (Å²) < 4.78 is 1.86. The van der Waals surface area contributed by atoms with Gasteiger partial charge in [0.2, 0.25) is 0 Å². The molecule has 5 heteroatoms. The number of benzene rings is 2. The predicted octanol–water partition coefficient (Wildman–Crippen LogP) is 4.65. The van der Waals surface area contributed by atoms with Crippen LogP contribution in [0.2, 0.25) is 15.1 Å². The Morgan fingerprint density at radius 3 is 2.47 bits per heavy atom. The van der Waals surface area contributed by atoms with E-state index >= 15 is 0 Å². The predicted molar refractivity (Wildman–Crippen MR) is 81.7 cm³/mol. The van der Waals surface area contributed by atoms with E-state index in [9.17, 15) is 4.79 Å². The van der Waals surface area contributed by atoms with E-state index in [1.54, 1.807) is 12.1 Å². The molecule has 0 spiro atoms. The van der Waals surface area contributed by atoms with Gasteiger partial charge in [0, 0.05) is 12.4 Å². The lowest BCUT2D eigenvalue weighted by Crippen LogP contribution is -2.10. The molecule has 0 atom stereocenters. The highest BCUT2D eigenvalue weighted by atomic mass is 35.5. The van der Waals surface area contributed by atoms with Crippen molar-refractivity contribution in [3.63, 3.8) is 0 Å². The van der Waals surface area contributed by atoms with Gasteiger partial charge < -0.3 is 4.57 Å². The van der Waals surface area contributed by atoms with E-state index < -0.39 is 0 Å². The van der Waals surface area contributed by atoms with Crippen LogP contribution in [0, 0.1) is 0 Å². The van der Waals surface area contributed by atoms with E-state index in [4.69, 9.17) is 34.8 Å². The molecule has 1 heterocycles. The van der Waals surface area contributed by atoms with E-state index in [1.165, 1.54) is 0 Å². The fourth-order valence-electron chi connectivity index (χ4n) is 2.33. The summed E-state index contributed by atoms with van der Waals surface area (Å²) in [5, 5.41) is 1.90. The lowest BCUT2D eigenvalue weighted by atomic mass is 10.1. The first kappa shape index (κ1) is 12.8. The van der Waals surface area contributed by atoms with Gasteiger partial charge in [-0.1, -0.05) is 46.9 Å². The van der Waals surface area contributed by atoms with Gasteiger partial charge in [-0.2, -0.15) is 0 Å². The maximum absolute atomic E-state index is 12.6. The molecular formula is C14H8Cl3NO. The first-order chi connectivity index (χ1) is 9.02. The van der Waals surface area contributed by atoms with Crippen LogP contribution in [-0.2, 0) is 7.05 Å². The number of fused-ring (bicyclic) bond motifs is 2. The molecule has 0 aliphatic heterocycles. The van der Waals surface area contributed by atoms with Gasteiger partial charge in [0.05, 0.1) is 31.5 Å². The van der Waals surface area contributed by atoms with Gasteiger partial charge in [-0.05, 0) is 18.2 Å². The summed E-state index contributed by atoms with van der Waals surface area (Å²) >= 11 is 18.4. The minimum atomic E-state index is -0.155. The Morgan fingerprint density at radius 1 is 1.05 bits per heavy atom. The summed E-state index contributed by atoms with van der Waals surface area (Å²) in [6.45, 7) is 0. The second kappa shape index (κ2) is 4.41. The van der Waals surface area contributed by atoms with Gasteiger partial charge in [-0.3, -0.25) is 4.79 Å². The fraction of sp³-hybridized carbons (Fsp3) is 0.0714. The Kier molecular flexibility index (Phi) is 2.97. The molecule has 0 saturated carbocycles. The highest BCUT2D eigenvalue weighted by Gasteiger charge is 2.16. The molecule has 3 rings (SSSR count). The van der Waals surface area contributed by atoms with E-state index in [0.29, 0.717) is 21.3 Å². The van der Waals surface area contributed by atoms with E-state index in [0.717, 1.165) is 5.52 Å². The molecule has 2 aromatic carbocycles. The molecule has 0 unspecified atom stereocenters. The van der Waals surface area contributed by atoms with Crippen molar-refractivity contribution in [3.05, 3.63) is 55.6 Å². The van der Waals surface area contributed by atoms with Crippen LogP contribution in [0.4, 0.5) is 0 Å². The maximum Gasteiger partial charge on any atom is 0.198 e. The first-order valence-electron chi connectivity index (χ1n) is 5.57. The third-order valence-electron chi connectivity index (χ3n) is 3.22. The van der Waals surface area contributed by atoms with E-state index in [2.05, 4.69) is 0 Å². The molecule has 1 aromatic heterocycles. The molecule has 2 nitrogen and oxygen atoms in total. The first-order valence-corrected chi connectivity index (χ1v) is 6.70. The van der Waals surface area contributed by atoms with Crippen molar-refractivity contribution >= 4 is 56.6 Å². The minimum absolute atomic E-state index is 0.155. The molecule has 0 radical (unpaired) electrons. The number of aromatic nitrogens is 1. The second-order valence-corrected chi connectivity index (χ2v) is 5.48. The fourth-order valence-corrected chi connectivity index (χ4v) is 3.15. The monoisotopic (exact) mass is 311 g/mol. The topological polar surface area (TPSA) is 22.0 Å². The average molecular weight is 313 g/mol. The van der Waals surface area contributed by atoms with Gasteiger partial charge in [0.15, 0.2) is 5.43 Å². The quantitative estimate of drug-likeness (QED) is 0.437. The highest BCUT2D eigenvalue weighted by Crippen LogP contribution is 2.35. The summed E-state index contributed by atoms with van der Waals surface area (Å²) in [6, 6.07) is 8.88. The Morgan fingerprint density at radius 2 is 1.74 bits per heavy atom. The summed E-state index contributed by atoms with van der Waals surface area (Å²) in [5.74, 6) is 0. The third-order valence-corrected chi connectivity index (χ3v) is 4.29. The minimum Gasteiger partial charge on any atom is -0.342 e. The zero-order valence-corrected chi connectivity index (χ0v) is 12.1. The number of para-hydroxylation sites is 1. The van der Waals surface area contributed by atoms with Crippen LogP contribution in [0.15, 0.2) is 35.1 Å². The summed E-state index contributed by atoms with van der Waals surface area (Å²) in [7, 11) is 1.85. The highest BCUT2D eigenvalue weighted by molar-refractivity contribution is 6.47. The van der Waals surface area contributed by atoms with Gasteiger partial charge >= 0.3 is 0 Å². The van der Waals surface area contributed by atoms with E-state index in [-0.39, 0.29) is 15.5 Å². The van der Waals surface area contributed by atoms with Crippen LogP contribution >= 0.6 is 34.8 Å². The smallest absolute Gasteiger partial charge is 0.198 e. The molecule has 19 heavy (non-hydrogen) atoms. The van der Waals surface area contributed by atoms with Gasteiger partial charge in [0.1, 0.15) is 0 Å². The zero-order valence-electron chi connectivity index (χ0n) is 9.88. The molecular weight excluding hydrogens is 305 g/mol. The maximum atomic E-state index is 12.6. The molecule has 96 valence electrons. The standard InChI is InChI=1S/C14H8Cl3NO/c1-18-10-5-3-2-4-7(10)14(19)11-12(17)8(15)6-9(16)13(11)18/h2-6H,1H3. The van der Waals surface area contributed by atoms with E-state index in [1.807, 2.05) is 29.8 Å². The molecule has 0 fully saturated rings. The number of hydrogen-bond acceptors (Lipinski definition) is 1. The van der Waals surface area contributed by atoms with Gasteiger partial charge in [-0.25, -0.2) is 0 Å². The SMILES string of the molecule is Cn1c2ccccc2c(=O)c2c(Cl)c(Cl)cc(Cl)c21. The van der Waals surface area contributed by atoms with Crippen molar-refractivity contribution < 1.29 is 0 Å². The molecule has 0 bridgehead atoms. The average Bonchev–Trinajstić information content (AvgIpc) is 2.40. The number of rotatable bonds is 0. The van der Waals surface area contributed by atoms with Crippen LogP contribution in [-0.4, -0.2) is 4.57 Å². The molecule has 0 aliphatic rings. The summed E-state index contributed by atoms with van der Waals surface area (Å²) in [5.41, 5.74) is 1.25. The van der Waals surface area contributed by atoms with Crippen molar-refractivity contribution in [3.8, 4) is 0 Å². The number of hydrogen-bond donors (Lipinski definition) is 0. The summed E-state index contributed by atoms with van der Waals surface area (Å²) in [4.78, 5) is 12.6. The van der Waals surface area contributed by atoms with Gasteiger partial charge in [0.25, 0.3) is 0 Å².